The molecule has 0 aromatic rings. The fraction of sp³-hybridized carbons (Fsp3) is 0.800. The molecule has 0 bridgehead atoms. The molecule has 16 heavy (non-hydrogen) atoms. The maximum absolute atomic E-state index is 11.9. The van der Waals surface area contributed by atoms with Crippen molar-refractivity contribution in [3.05, 3.63) is 0 Å². The van der Waals surface area contributed by atoms with E-state index in [9.17, 15) is 9.59 Å². The Morgan fingerprint density at radius 1 is 1.56 bits per heavy atom. The average molecular weight is 230 g/mol. The van der Waals surface area contributed by atoms with E-state index in [0.29, 0.717) is 26.2 Å². The van der Waals surface area contributed by atoms with Crippen molar-refractivity contribution < 1.29 is 19.4 Å². The van der Waals surface area contributed by atoms with Gasteiger partial charge in [-0.05, 0) is 7.05 Å². The Labute approximate surface area is 94.8 Å². The Morgan fingerprint density at radius 2 is 2.25 bits per heavy atom. The van der Waals surface area contributed by atoms with E-state index in [4.69, 9.17) is 9.84 Å². The average Bonchev–Trinajstić information content (AvgIpc) is 2.23. The number of aliphatic carboxylic acids is 1. The number of likely N-dealkylation sites (N-methyl/N-ethyl adjacent to an activating group) is 1. The minimum Gasteiger partial charge on any atom is -0.481 e. The summed E-state index contributed by atoms with van der Waals surface area (Å²) < 4.78 is 4.91. The summed E-state index contributed by atoms with van der Waals surface area (Å²) in [6, 6.07) is -0.539. The van der Waals surface area contributed by atoms with Crippen LogP contribution in [0.5, 0.6) is 0 Å². The molecule has 0 aromatic heterocycles. The molecule has 0 spiro atoms. The summed E-state index contributed by atoms with van der Waals surface area (Å²) >= 11 is 0. The van der Waals surface area contributed by atoms with Crippen molar-refractivity contribution in [2.24, 2.45) is 0 Å². The van der Waals surface area contributed by atoms with Gasteiger partial charge in [0.1, 0.15) is 0 Å². The molecule has 0 aliphatic carbocycles. The number of carbonyl (C=O) groups is 2. The quantitative estimate of drug-likeness (QED) is 0.673. The SMILES string of the molecule is COCCN1CCN(C)C(CC(=O)O)C1=O. The lowest BCUT2D eigenvalue weighted by Gasteiger charge is -2.37. The molecule has 1 amide bonds. The van der Waals surface area contributed by atoms with Gasteiger partial charge < -0.3 is 14.7 Å². The smallest absolute Gasteiger partial charge is 0.305 e. The lowest BCUT2D eigenvalue weighted by Crippen LogP contribution is -2.56. The minimum atomic E-state index is -0.946. The Balaban J connectivity index is 2.59. The number of rotatable bonds is 5. The van der Waals surface area contributed by atoms with Crippen LogP contribution < -0.4 is 0 Å². The Bertz CT molecular complexity index is 268. The summed E-state index contributed by atoms with van der Waals surface area (Å²) in [5.41, 5.74) is 0. The molecule has 1 atom stereocenters. The van der Waals surface area contributed by atoms with Gasteiger partial charge in [-0.1, -0.05) is 0 Å². The molecule has 6 nitrogen and oxygen atoms in total. The van der Waals surface area contributed by atoms with Crippen molar-refractivity contribution in [3.63, 3.8) is 0 Å². The van der Waals surface area contributed by atoms with E-state index in [-0.39, 0.29) is 12.3 Å². The lowest BCUT2D eigenvalue weighted by molar-refractivity contribution is -0.148. The molecule has 92 valence electrons. The first-order valence-electron chi connectivity index (χ1n) is 5.26. The van der Waals surface area contributed by atoms with Crippen LogP contribution in [0.1, 0.15) is 6.42 Å². The van der Waals surface area contributed by atoms with Gasteiger partial charge in [-0.25, -0.2) is 0 Å². The molecule has 1 N–H and O–H groups in total. The second kappa shape index (κ2) is 5.81. The largest absolute Gasteiger partial charge is 0.481 e. The fourth-order valence-electron chi connectivity index (χ4n) is 1.78. The molecular weight excluding hydrogens is 212 g/mol. The zero-order chi connectivity index (χ0) is 12.1. The summed E-state index contributed by atoms with van der Waals surface area (Å²) in [5.74, 6) is -1.06. The molecule has 1 aliphatic heterocycles. The van der Waals surface area contributed by atoms with Gasteiger partial charge in [0.15, 0.2) is 0 Å². The second-order valence-corrected chi connectivity index (χ2v) is 3.91. The summed E-state index contributed by atoms with van der Waals surface area (Å²) in [6.45, 7) is 2.34. The van der Waals surface area contributed by atoms with Gasteiger partial charge in [0.25, 0.3) is 0 Å². The molecule has 0 saturated carbocycles. The molecule has 1 rings (SSSR count). The monoisotopic (exact) mass is 230 g/mol. The number of amides is 1. The summed E-state index contributed by atoms with van der Waals surface area (Å²) in [7, 11) is 3.36. The van der Waals surface area contributed by atoms with Gasteiger partial charge in [0, 0.05) is 26.7 Å². The summed E-state index contributed by atoms with van der Waals surface area (Å²) in [4.78, 5) is 26.1. The van der Waals surface area contributed by atoms with Gasteiger partial charge >= 0.3 is 5.97 Å². The first kappa shape index (κ1) is 12.9. The van der Waals surface area contributed by atoms with E-state index in [1.807, 2.05) is 0 Å². The molecule has 1 fully saturated rings. The number of ether oxygens (including phenoxy) is 1. The van der Waals surface area contributed by atoms with Crippen LogP contribution in [0, 0.1) is 0 Å². The molecule has 0 radical (unpaired) electrons. The maximum Gasteiger partial charge on any atom is 0.305 e. The standard InChI is InChI=1S/C10H18N2O4/c1-11-3-4-12(5-6-16-2)10(15)8(11)7-9(13)14/h8H,3-7H2,1-2H3,(H,13,14). The Hall–Kier alpha value is -1.14. The van der Waals surface area contributed by atoms with Crippen LogP contribution in [-0.4, -0.2) is 73.2 Å². The first-order chi connectivity index (χ1) is 7.56. The van der Waals surface area contributed by atoms with Crippen LogP contribution >= 0.6 is 0 Å². The molecule has 0 aromatic carbocycles. The molecule has 6 heteroatoms. The van der Waals surface area contributed by atoms with Gasteiger partial charge in [-0.3, -0.25) is 14.5 Å². The van der Waals surface area contributed by atoms with E-state index < -0.39 is 12.0 Å². The van der Waals surface area contributed by atoms with Gasteiger partial charge in [-0.15, -0.1) is 0 Å². The van der Waals surface area contributed by atoms with Gasteiger partial charge in [0.2, 0.25) is 5.91 Å². The number of nitrogens with zero attached hydrogens (tertiary/aromatic N) is 2. The Morgan fingerprint density at radius 3 is 2.81 bits per heavy atom. The molecule has 1 unspecified atom stereocenters. The molecule has 1 saturated heterocycles. The normalized spacial score (nSPS) is 22.5. The van der Waals surface area contributed by atoms with Crippen LogP contribution in [0.15, 0.2) is 0 Å². The van der Waals surface area contributed by atoms with Crippen LogP contribution in [0.3, 0.4) is 0 Å². The van der Waals surface area contributed by atoms with Crippen molar-refractivity contribution in [2.75, 3.05) is 40.4 Å². The van der Waals surface area contributed by atoms with Crippen LogP contribution in [0.4, 0.5) is 0 Å². The number of carboxylic acid groups (broad SMARTS) is 1. The zero-order valence-corrected chi connectivity index (χ0v) is 9.68. The number of hydrogen-bond acceptors (Lipinski definition) is 4. The van der Waals surface area contributed by atoms with Crippen molar-refractivity contribution in [1.29, 1.82) is 0 Å². The van der Waals surface area contributed by atoms with Crippen molar-refractivity contribution in [3.8, 4) is 0 Å². The predicted molar refractivity (Wildman–Crippen MR) is 57.1 cm³/mol. The second-order valence-electron chi connectivity index (χ2n) is 3.91. The van der Waals surface area contributed by atoms with Crippen molar-refractivity contribution >= 4 is 11.9 Å². The summed E-state index contributed by atoms with van der Waals surface area (Å²) in [5, 5.41) is 8.74. The van der Waals surface area contributed by atoms with E-state index in [0.717, 1.165) is 0 Å². The fourth-order valence-corrected chi connectivity index (χ4v) is 1.78. The first-order valence-corrected chi connectivity index (χ1v) is 5.26. The maximum atomic E-state index is 11.9. The summed E-state index contributed by atoms with van der Waals surface area (Å²) in [6.07, 6.45) is -0.140. The number of carboxylic acids is 1. The lowest BCUT2D eigenvalue weighted by atomic mass is 10.1. The van der Waals surface area contributed by atoms with Crippen LogP contribution in [-0.2, 0) is 14.3 Å². The van der Waals surface area contributed by atoms with Crippen LogP contribution in [0.2, 0.25) is 0 Å². The topological polar surface area (TPSA) is 70.1 Å². The third-order valence-corrected chi connectivity index (χ3v) is 2.78. The van der Waals surface area contributed by atoms with Crippen molar-refractivity contribution in [2.45, 2.75) is 12.5 Å². The molecule has 1 heterocycles. The van der Waals surface area contributed by atoms with Gasteiger partial charge in [0.05, 0.1) is 19.1 Å². The van der Waals surface area contributed by atoms with E-state index in [1.54, 1.807) is 24.0 Å². The minimum absolute atomic E-state index is 0.117. The van der Waals surface area contributed by atoms with Crippen LogP contribution in [0.25, 0.3) is 0 Å². The van der Waals surface area contributed by atoms with E-state index >= 15 is 0 Å². The predicted octanol–water partition coefficient (Wildman–Crippen LogP) is -0.750. The molecular formula is C10H18N2O4. The highest BCUT2D eigenvalue weighted by Crippen LogP contribution is 2.12. The van der Waals surface area contributed by atoms with Gasteiger partial charge in [-0.2, -0.15) is 0 Å². The van der Waals surface area contributed by atoms with E-state index in [1.165, 1.54) is 0 Å². The molecule has 1 aliphatic rings. The number of carbonyl (C=O) groups excluding carboxylic acids is 1. The van der Waals surface area contributed by atoms with E-state index in [2.05, 4.69) is 0 Å². The highest BCUT2D eigenvalue weighted by molar-refractivity contribution is 5.86. The number of methoxy groups -OCH3 is 1. The highest BCUT2D eigenvalue weighted by atomic mass is 16.5. The zero-order valence-electron chi connectivity index (χ0n) is 9.68. The highest BCUT2D eigenvalue weighted by Gasteiger charge is 2.33. The van der Waals surface area contributed by atoms with Crippen molar-refractivity contribution in [1.82, 2.24) is 9.80 Å². The number of piperazine rings is 1. The Kier molecular flexibility index (Phi) is 4.70. The third-order valence-electron chi connectivity index (χ3n) is 2.78. The number of hydrogen-bond donors (Lipinski definition) is 1. The third kappa shape index (κ3) is 3.18.